The number of hydrogen-bond acceptors (Lipinski definition) is 5. The summed E-state index contributed by atoms with van der Waals surface area (Å²) in [4.78, 5) is 16.3. The molecule has 0 radical (unpaired) electrons. The second-order valence-corrected chi connectivity index (χ2v) is 8.22. The third-order valence-corrected chi connectivity index (χ3v) is 5.77. The van der Waals surface area contributed by atoms with Crippen molar-refractivity contribution in [3.05, 3.63) is 76.6 Å². The Kier molecular flexibility index (Phi) is 6.18. The van der Waals surface area contributed by atoms with Gasteiger partial charge in [0, 0.05) is 43.0 Å². The topological polar surface area (TPSA) is 85.8 Å². The molecule has 1 unspecified atom stereocenters. The number of H-pyrrole nitrogens is 1. The Morgan fingerprint density at radius 2 is 1.83 bits per heavy atom. The van der Waals surface area contributed by atoms with E-state index in [1.807, 2.05) is 24.3 Å². The van der Waals surface area contributed by atoms with Crippen LogP contribution in [0.25, 0.3) is 10.9 Å². The number of benzene rings is 2. The number of β-amino-alcohol motifs (C(OH)–C–C–N with tert-alkyl or cyclic N) is 1. The lowest BCUT2D eigenvalue weighted by molar-refractivity contribution is -0.0325. The van der Waals surface area contributed by atoms with Gasteiger partial charge in [0.2, 0.25) is 5.56 Å². The number of piperidine rings is 1. The second-order valence-electron chi connectivity index (χ2n) is 8.22. The molecule has 0 amide bonds. The lowest BCUT2D eigenvalue weighted by Crippen LogP contribution is -2.48. The molecule has 1 saturated heterocycles. The average Bonchev–Trinajstić information content (AvgIpc) is 2.74. The summed E-state index contributed by atoms with van der Waals surface area (Å²) in [5.74, 6) is 0.657. The van der Waals surface area contributed by atoms with Gasteiger partial charge in [-0.1, -0.05) is 30.3 Å². The molecule has 0 aliphatic carbocycles. The molecule has 158 valence electrons. The van der Waals surface area contributed by atoms with E-state index in [0.717, 1.165) is 29.6 Å². The van der Waals surface area contributed by atoms with Gasteiger partial charge in [-0.2, -0.15) is 0 Å². The average molecular weight is 408 g/mol. The van der Waals surface area contributed by atoms with Crippen molar-refractivity contribution in [2.24, 2.45) is 0 Å². The minimum absolute atomic E-state index is 0.135. The van der Waals surface area contributed by atoms with Crippen LogP contribution in [0.1, 0.15) is 18.4 Å². The minimum Gasteiger partial charge on any atom is -0.491 e. The highest BCUT2D eigenvalue weighted by Crippen LogP contribution is 2.26. The third kappa shape index (κ3) is 5.27. The monoisotopic (exact) mass is 408 g/mol. The maximum atomic E-state index is 11.4. The normalized spacial score (nSPS) is 17.7. The summed E-state index contributed by atoms with van der Waals surface area (Å²) in [6.07, 6.45) is 1.44. The molecule has 1 aliphatic heterocycles. The number of nitrogens with one attached hydrogen (secondary N) is 1. The number of hydrogen-bond donors (Lipinski definition) is 3. The first-order valence-electron chi connectivity index (χ1n) is 10.4. The number of aliphatic hydroxyl groups is 2. The Hall–Kier alpha value is -2.67. The fourth-order valence-electron chi connectivity index (χ4n) is 4.07. The molecule has 2 heterocycles. The molecule has 0 saturated carbocycles. The summed E-state index contributed by atoms with van der Waals surface area (Å²) in [5.41, 5.74) is 1.10. The zero-order chi connectivity index (χ0) is 21.0. The predicted molar refractivity (Wildman–Crippen MR) is 117 cm³/mol. The van der Waals surface area contributed by atoms with Crippen molar-refractivity contribution >= 4 is 10.9 Å². The quantitative estimate of drug-likeness (QED) is 0.559. The Balaban J connectivity index is 1.24. The molecule has 1 atom stereocenters. The number of ether oxygens (including phenoxy) is 1. The zero-order valence-electron chi connectivity index (χ0n) is 17.0. The molecule has 1 fully saturated rings. The first kappa shape index (κ1) is 20.6. The summed E-state index contributed by atoms with van der Waals surface area (Å²) in [7, 11) is 0. The first-order chi connectivity index (χ1) is 14.5. The van der Waals surface area contributed by atoms with Gasteiger partial charge >= 0.3 is 0 Å². The van der Waals surface area contributed by atoms with Gasteiger partial charge in [-0.3, -0.25) is 4.79 Å². The fraction of sp³-hybridized carbons (Fsp3) is 0.375. The lowest BCUT2D eigenvalue weighted by atomic mass is 9.85. The van der Waals surface area contributed by atoms with Gasteiger partial charge in [-0.15, -0.1) is 0 Å². The number of aromatic amines is 1. The molecule has 1 aliphatic rings. The van der Waals surface area contributed by atoms with Gasteiger partial charge in [-0.25, -0.2) is 0 Å². The summed E-state index contributed by atoms with van der Waals surface area (Å²) in [6.45, 7) is 2.22. The van der Waals surface area contributed by atoms with Crippen molar-refractivity contribution in [1.29, 1.82) is 0 Å². The highest BCUT2D eigenvalue weighted by Gasteiger charge is 2.32. The fourth-order valence-corrected chi connectivity index (χ4v) is 4.07. The highest BCUT2D eigenvalue weighted by molar-refractivity contribution is 5.79. The summed E-state index contributed by atoms with van der Waals surface area (Å²) in [6, 6.07) is 18.8. The molecular formula is C24H28N2O4. The number of aliphatic hydroxyl groups excluding tert-OH is 1. The van der Waals surface area contributed by atoms with Gasteiger partial charge in [0.1, 0.15) is 18.5 Å². The number of likely N-dealkylation sites (tertiary alicyclic amines) is 1. The third-order valence-electron chi connectivity index (χ3n) is 5.77. The van der Waals surface area contributed by atoms with E-state index in [9.17, 15) is 15.0 Å². The molecule has 3 N–H and O–H groups in total. The van der Waals surface area contributed by atoms with Gasteiger partial charge < -0.3 is 24.8 Å². The standard InChI is InChI=1S/C24H28N2O4/c27-20(17-30-21-7-8-22-19(14-21)6-9-23(28)25-22)16-26-12-10-24(29,11-13-26)15-18-4-2-1-3-5-18/h1-9,14,20,27,29H,10-13,15-17H2,(H,25,28). The SMILES string of the molecule is O=c1ccc2cc(OCC(O)CN3CCC(O)(Cc4ccccc4)CC3)ccc2[nH]1. The van der Waals surface area contributed by atoms with E-state index >= 15 is 0 Å². The van der Waals surface area contributed by atoms with Crippen molar-refractivity contribution in [1.82, 2.24) is 9.88 Å². The first-order valence-corrected chi connectivity index (χ1v) is 10.4. The smallest absolute Gasteiger partial charge is 0.248 e. The predicted octanol–water partition coefficient (Wildman–Crippen LogP) is 2.34. The van der Waals surface area contributed by atoms with Crippen LogP contribution < -0.4 is 10.3 Å². The van der Waals surface area contributed by atoms with Gasteiger partial charge in [0.05, 0.1) is 5.60 Å². The molecular weight excluding hydrogens is 380 g/mol. The maximum absolute atomic E-state index is 11.4. The number of aromatic nitrogens is 1. The summed E-state index contributed by atoms with van der Waals surface area (Å²) >= 11 is 0. The van der Waals surface area contributed by atoms with Crippen LogP contribution in [0.5, 0.6) is 5.75 Å². The van der Waals surface area contributed by atoms with E-state index < -0.39 is 11.7 Å². The molecule has 30 heavy (non-hydrogen) atoms. The van der Waals surface area contributed by atoms with Crippen molar-refractivity contribution in [3.8, 4) is 5.75 Å². The van der Waals surface area contributed by atoms with Crippen molar-refractivity contribution < 1.29 is 14.9 Å². The van der Waals surface area contributed by atoms with Crippen molar-refractivity contribution in [3.63, 3.8) is 0 Å². The van der Waals surface area contributed by atoms with Crippen molar-refractivity contribution in [2.75, 3.05) is 26.2 Å². The number of pyridine rings is 1. The number of fused-ring (bicyclic) bond motifs is 1. The second kappa shape index (κ2) is 9.00. The van der Waals surface area contributed by atoms with Crippen LogP contribution in [-0.4, -0.2) is 58.0 Å². The van der Waals surface area contributed by atoms with Crippen LogP contribution in [-0.2, 0) is 6.42 Å². The maximum Gasteiger partial charge on any atom is 0.248 e. The lowest BCUT2D eigenvalue weighted by Gasteiger charge is -2.39. The number of rotatable bonds is 7. The molecule has 0 bridgehead atoms. The van der Waals surface area contributed by atoms with Crippen LogP contribution in [0.4, 0.5) is 0 Å². The summed E-state index contributed by atoms with van der Waals surface area (Å²) < 4.78 is 5.75. The van der Waals surface area contributed by atoms with Crippen LogP contribution in [0.15, 0.2) is 65.5 Å². The number of nitrogens with zero attached hydrogens (tertiary/aromatic N) is 1. The molecule has 2 aromatic carbocycles. The van der Waals surface area contributed by atoms with Gasteiger partial charge in [-0.05, 0) is 42.7 Å². The van der Waals surface area contributed by atoms with E-state index in [4.69, 9.17) is 4.74 Å². The zero-order valence-corrected chi connectivity index (χ0v) is 17.0. The van der Waals surface area contributed by atoms with E-state index in [2.05, 4.69) is 22.0 Å². The van der Waals surface area contributed by atoms with E-state index in [1.54, 1.807) is 18.2 Å². The Bertz CT molecular complexity index is 1030. The Morgan fingerprint density at radius 3 is 2.60 bits per heavy atom. The van der Waals surface area contributed by atoms with Crippen LogP contribution in [0, 0.1) is 0 Å². The molecule has 1 aromatic heterocycles. The minimum atomic E-state index is -0.675. The van der Waals surface area contributed by atoms with E-state index in [-0.39, 0.29) is 12.2 Å². The molecule has 4 rings (SSSR count). The molecule has 0 spiro atoms. The van der Waals surface area contributed by atoms with E-state index in [1.165, 1.54) is 6.07 Å². The van der Waals surface area contributed by atoms with E-state index in [0.29, 0.717) is 31.6 Å². The van der Waals surface area contributed by atoms with Crippen molar-refractivity contribution in [2.45, 2.75) is 31.0 Å². The highest BCUT2D eigenvalue weighted by atomic mass is 16.5. The largest absolute Gasteiger partial charge is 0.491 e. The Labute approximate surface area is 175 Å². The van der Waals surface area contributed by atoms with Gasteiger partial charge in [0.25, 0.3) is 0 Å². The molecule has 3 aromatic rings. The summed E-state index contributed by atoms with van der Waals surface area (Å²) in [5, 5.41) is 22.2. The van der Waals surface area contributed by atoms with Crippen LogP contribution in [0.3, 0.4) is 0 Å². The molecule has 6 nitrogen and oxygen atoms in total. The molecule has 6 heteroatoms. The van der Waals surface area contributed by atoms with Gasteiger partial charge in [0.15, 0.2) is 0 Å². The van der Waals surface area contributed by atoms with Crippen LogP contribution >= 0.6 is 0 Å². The Morgan fingerprint density at radius 1 is 1.07 bits per heavy atom. The van der Waals surface area contributed by atoms with Crippen LogP contribution in [0.2, 0.25) is 0 Å².